The predicted molar refractivity (Wildman–Crippen MR) is 99.5 cm³/mol. The molecule has 132 valence electrons. The van der Waals surface area contributed by atoms with Crippen molar-refractivity contribution < 1.29 is 14.1 Å². The smallest absolute Gasteiger partial charge is 0.269 e. The molecule has 1 aliphatic heterocycles. The molecular weight excluding hydrogens is 357 g/mol. The summed E-state index contributed by atoms with van der Waals surface area (Å²) in [6.45, 7) is 2.21. The summed E-state index contributed by atoms with van der Waals surface area (Å²) in [5, 5.41) is 11.1. The number of aliphatic imine (C=N–C) groups is 1. The monoisotopic (exact) mass is 371 g/mol. The van der Waals surface area contributed by atoms with E-state index in [-0.39, 0.29) is 17.3 Å². The zero-order valence-corrected chi connectivity index (χ0v) is 14.6. The van der Waals surface area contributed by atoms with Gasteiger partial charge in [0, 0.05) is 18.7 Å². The summed E-state index contributed by atoms with van der Waals surface area (Å²) in [4.78, 5) is 28.9. The molecule has 26 heavy (non-hydrogen) atoms. The molecule has 2 aromatic rings. The van der Waals surface area contributed by atoms with Gasteiger partial charge in [-0.3, -0.25) is 19.8 Å². The Labute approximate surface area is 153 Å². The first-order valence-corrected chi connectivity index (χ1v) is 8.60. The second kappa shape index (κ2) is 7.49. The van der Waals surface area contributed by atoms with Crippen molar-refractivity contribution in [2.75, 3.05) is 6.54 Å². The minimum Gasteiger partial charge on any atom is -0.287 e. The van der Waals surface area contributed by atoms with Crippen molar-refractivity contribution in [1.29, 1.82) is 0 Å². The number of nitrogens with zero attached hydrogens (tertiary/aromatic N) is 3. The molecule has 0 spiro atoms. The number of thioether (sulfide) groups is 1. The van der Waals surface area contributed by atoms with Gasteiger partial charge in [-0.05, 0) is 54.6 Å². The summed E-state index contributed by atoms with van der Waals surface area (Å²) in [5.41, 5.74) is 0.807. The van der Waals surface area contributed by atoms with E-state index in [1.807, 2.05) is 6.92 Å². The molecule has 1 amide bonds. The lowest BCUT2D eigenvalue weighted by atomic mass is 10.2. The molecule has 6 nitrogen and oxygen atoms in total. The average molecular weight is 371 g/mol. The van der Waals surface area contributed by atoms with Gasteiger partial charge >= 0.3 is 0 Å². The van der Waals surface area contributed by atoms with Gasteiger partial charge in [0.1, 0.15) is 11.5 Å². The van der Waals surface area contributed by atoms with Gasteiger partial charge in [-0.25, -0.2) is 9.38 Å². The summed E-state index contributed by atoms with van der Waals surface area (Å²) in [6.07, 6.45) is 1.64. The van der Waals surface area contributed by atoms with E-state index >= 15 is 0 Å². The highest BCUT2D eigenvalue weighted by molar-refractivity contribution is 8.18. The Balaban J connectivity index is 1.91. The molecule has 0 radical (unpaired) electrons. The van der Waals surface area contributed by atoms with Crippen LogP contribution in [0, 0.1) is 15.9 Å². The normalized spacial score (nSPS) is 17.3. The van der Waals surface area contributed by atoms with Gasteiger partial charge in [-0.2, -0.15) is 0 Å². The van der Waals surface area contributed by atoms with E-state index in [0.717, 1.165) is 11.8 Å². The highest BCUT2D eigenvalue weighted by Crippen LogP contribution is 2.34. The topological polar surface area (TPSA) is 75.8 Å². The van der Waals surface area contributed by atoms with Crippen LogP contribution in [0.25, 0.3) is 6.08 Å². The lowest BCUT2D eigenvalue weighted by molar-refractivity contribution is -0.384. The van der Waals surface area contributed by atoms with Crippen molar-refractivity contribution in [3.63, 3.8) is 0 Å². The number of para-hydroxylation sites is 1. The minimum atomic E-state index is -0.482. The molecule has 0 aliphatic carbocycles. The molecule has 3 rings (SSSR count). The van der Waals surface area contributed by atoms with Crippen LogP contribution in [0.2, 0.25) is 0 Å². The average Bonchev–Trinajstić information content (AvgIpc) is 2.92. The maximum Gasteiger partial charge on any atom is 0.269 e. The van der Waals surface area contributed by atoms with Crippen LogP contribution in [-0.2, 0) is 4.79 Å². The third-order valence-corrected chi connectivity index (χ3v) is 4.68. The Morgan fingerprint density at radius 3 is 2.54 bits per heavy atom. The number of hydrogen-bond acceptors (Lipinski definition) is 5. The van der Waals surface area contributed by atoms with Crippen molar-refractivity contribution in [3.05, 3.63) is 74.9 Å². The van der Waals surface area contributed by atoms with Crippen LogP contribution >= 0.6 is 11.8 Å². The van der Waals surface area contributed by atoms with Crippen LogP contribution in [0.4, 0.5) is 15.8 Å². The number of carbonyl (C=O) groups excluding carboxylic acids is 1. The number of halogens is 1. The van der Waals surface area contributed by atoms with E-state index < -0.39 is 10.7 Å². The first kappa shape index (κ1) is 17.8. The van der Waals surface area contributed by atoms with E-state index in [1.165, 1.54) is 23.1 Å². The van der Waals surface area contributed by atoms with Gasteiger partial charge in [0.25, 0.3) is 11.6 Å². The number of carbonyl (C=O) groups is 1. The number of likely N-dealkylation sites (N-methyl/N-ethyl adjacent to an activating group) is 1. The van der Waals surface area contributed by atoms with E-state index in [0.29, 0.717) is 22.2 Å². The van der Waals surface area contributed by atoms with Crippen molar-refractivity contribution in [2.45, 2.75) is 6.92 Å². The molecule has 0 aromatic heterocycles. The molecule has 0 saturated carbocycles. The molecule has 0 bridgehead atoms. The Bertz CT molecular complexity index is 926. The zero-order valence-electron chi connectivity index (χ0n) is 13.8. The van der Waals surface area contributed by atoms with Gasteiger partial charge in [-0.15, -0.1) is 0 Å². The number of amidine groups is 1. The van der Waals surface area contributed by atoms with Crippen molar-refractivity contribution >= 4 is 40.3 Å². The van der Waals surface area contributed by atoms with Gasteiger partial charge in [0.15, 0.2) is 5.17 Å². The van der Waals surface area contributed by atoms with Crippen molar-refractivity contribution in [3.8, 4) is 0 Å². The Kier molecular flexibility index (Phi) is 5.13. The van der Waals surface area contributed by atoms with Gasteiger partial charge in [0.05, 0.1) is 9.83 Å². The van der Waals surface area contributed by atoms with E-state index in [1.54, 1.807) is 36.4 Å². The number of non-ortho nitro benzene ring substituents is 1. The van der Waals surface area contributed by atoms with E-state index in [2.05, 4.69) is 4.99 Å². The van der Waals surface area contributed by atoms with Crippen molar-refractivity contribution in [2.24, 2.45) is 4.99 Å². The van der Waals surface area contributed by atoms with Crippen LogP contribution in [-0.4, -0.2) is 27.4 Å². The number of amides is 1. The predicted octanol–water partition coefficient (Wildman–Crippen LogP) is 4.36. The molecule has 1 fully saturated rings. The number of benzene rings is 2. The maximum atomic E-state index is 13.8. The highest BCUT2D eigenvalue weighted by atomic mass is 32.2. The first-order valence-electron chi connectivity index (χ1n) is 7.78. The number of rotatable bonds is 4. The molecule has 0 unspecified atom stereocenters. The Hall–Kier alpha value is -3.00. The summed E-state index contributed by atoms with van der Waals surface area (Å²) >= 11 is 1.15. The lowest BCUT2D eigenvalue weighted by Gasteiger charge is -2.12. The molecular formula is C18H14FN3O3S. The molecule has 1 saturated heterocycles. The quantitative estimate of drug-likeness (QED) is 0.455. The third kappa shape index (κ3) is 3.65. The van der Waals surface area contributed by atoms with Crippen LogP contribution in [0.15, 0.2) is 58.4 Å². The number of nitro benzene ring substituents is 1. The summed E-state index contributed by atoms with van der Waals surface area (Å²) in [5.74, 6) is -0.692. The largest absolute Gasteiger partial charge is 0.287 e. The summed E-state index contributed by atoms with van der Waals surface area (Å²) in [7, 11) is 0. The summed E-state index contributed by atoms with van der Waals surface area (Å²) in [6, 6.07) is 12.0. The standard InChI is InChI=1S/C18H14FN3O3S/c1-2-21-17(23)16(11-12-7-9-13(10-8-12)22(24)25)26-18(21)20-15-6-4-3-5-14(15)19/h3-11H,2H2,1H3/b16-11+,20-18?. The molecule has 1 heterocycles. The third-order valence-electron chi connectivity index (χ3n) is 3.67. The zero-order chi connectivity index (χ0) is 18.7. The number of hydrogen-bond donors (Lipinski definition) is 0. The van der Waals surface area contributed by atoms with Crippen LogP contribution in [0.1, 0.15) is 12.5 Å². The second-order valence-electron chi connectivity index (χ2n) is 5.35. The lowest BCUT2D eigenvalue weighted by Crippen LogP contribution is -2.28. The van der Waals surface area contributed by atoms with Crippen LogP contribution < -0.4 is 0 Å². The molecule has 8 heteroatoms. The molecule has 1 aliphatic rings. The van der Waals surface area contributed by atoms with Crippen LogP contribution in [0.3, 0.4) is 0 Å². The first-order chi connectivity index (χ1) is 12.5. The van der Waals surface area contributed by atoms with Crippen LogP contribution in [0.5, 0.6) is 0 Å². The Morgan fingerprint density at radius 2 is 1.92 bits per heavy atom. The van der Waals surface area contributed by atoms with E-state index in [9.17, 15) is 19.3 Å². The minimum absolute atomic E-state index is 0.0189. The SMILES string of the molecule is CCN1C(=O)/C(=C\c2ccc([N+](=O)[O-])cc2)SC1=Nc1ccccc1F. The highest BCUT2D eigenvalue weighted by Gasteiger charge is 2.32. The van der Waals surface area contributed by atoms with Gasteiger partial charge in [-0.1, -0.05) is 12.1 Å². The summed E-state index contributed by atoms with van der Waals surface area (Å²) < 4.78 is 13.8. The fourth-order valence-electron chi connectivity index (χ4n) is 2.36. The number of nitro groups is 1. The molecule has 0 N–H and O–H groups in total. The molecule has 2 aromatic carbocycles. The Morgan fingerprint density at radius 1 is 1.23 bits per heavy atom. The van der Waals surface area contributed by atoms with Gasteiger partial charge in [0.2, 0.25) is 0 Å². The fourth-order valence-corrected chi connectivity index (χ4v) is 3.41. The molecule has 0 atom stereocenters. The van der Waals surface area contributed by atoms with Gasteiger partial charge < -0.3 is 0 Å². The maximum absolute atomic E-state index is 13.8. The van der Waals surface area contributed by atoms with Crippen molar-refractivity contribution in [1.82, 2.24) is 4.90 Å². The fraction of sp³-hybridized carbons (Fsp3) is 0.111. The van der Waals surface area contributed by atoms with E-state index in [4.69, 9.17) is 0 Å². The second-order valence-corrected chi connectivity index (χ2v) is 6.36.